The number of hydrogen-bond donors (Lipinski definition) is 0. The second-order valence-electron chi connectivity index (χ2n) is 2.72. The smallest absolute Gasteiger partial charge is 0.124 e. The van der Waals surface area contributed by atoms with Gasteiger partial charge in [0.05, 0.1) is 0 Å². The first-order valence-electron chi connectivity index (χ1n) is 3.82. The second kappa shape index (κ2) is 4.68. The van der Waals surface area contributed by atoms with E-state index >= 15 is 0 Å². The lowest BCUT2D eigenvalue weighted by Gasteiger charge is -2.08. The fourth-order valence-corrected chi connectivity index (χ4v) is 1.16. The maximum absolute atomic E-state index is 5.82. The molecule has 0 unspecified atom stereocenters. The first kappa shape index (κ1) is 10.6. The Balaban J connectivity index is 2.75. The van der Waals surface area contributed by atoms with Crippen LogP contribution in [0.2, 0.25) is 5.02 Å². The Labute approximate surface area is 91.5 Å². The molecule has 0 amide bonds. The molecule has 1 rings (SSSR count). The molecule has 0 saturated heterocycles. The average molecular weight is 262 g/mol. The van der Waals surface area contributed by atoms with E-state index in [1.54, 1.807) is 6.07 Å². The summed E-state index contributed by atoms with van der Waals surface area (Å²) in [6.45, 7) is 6.12. The highest BCUT2D eigenvalue weighted by molar-refractivity contribution is 9.11. The van der Waals surface area contributed by atoms with Crippen molar-refractivity contribution in [2.75, 3.05) is 6.61 Å². The van der Waals surface area contributed by atoms with E-state index in [4.69, 9.17) is 16.3 Å². The van der Waals surface area contributed by atoms with Gasteiger partial charge in [-0.1, -0.05) is 40.2 Å². The van der Waals surface area contributed by atoms with Crippen LogP contribution in [0.25, 0.3) is 0 Å². The van der Waals surface area contributed by atoms with Gasteiger partial charge in [0.2, 0.25) is 0 Å². The average Bonchev–Trinajstić information content (AvgIpc) is 2.06. The topological polar surface area (TPSA) is 9.23 Å². The van der Waals surface area contributed by atoms with E-state index in [0.717, 1.165) is 15.8 Å². The summed E-state index contributed by atoms with van der Waals surface area (Å²) in [4.78, 5) is 0. The van der Waals surface area contributed by atoms with E-state index in [1.807, 2.05) is 19.1 Å². The van der Waals surface area contributed by atoms with Crippen molar-refractivity contribution in [3.63, 3.8) is 0 Å². The number of ether oxygens (including phenoxy) is 1. The molecule has 0 radical (unpaired) electrons. The van der Waals surface area contributed by atoms with Gasteiger partial charge in [-0.05, 0) is 24.6 Å². The third-order valence-electron chi connectivity index (χ3n) is 1.53. The lowest BCUT2D eigenvalue weighted by Crippen LogP contribution is -1.97. The molecule has 0 N–H and O–H groups in total. The first-order chi connectivity index (χ1) is 6.09. The lowest BCUT2D eigenvalue weighted by molar-refractivity contribution is 0.358. The van der Waals surface area contributed by atoms with Crippen molar-refractivity contribution in [2.24, 2.45) is 0 Å². The van der Waals surface area contributed by atoms with Crippen LogP contribution in [0.3, 0.4) is 0 Å². The fourth-order valence-electron chi connectivity index (χ4n) is 0.885. The van der Waals surface area contributed by atoms with Gasteiger partial charge in [0.1, 0.15) is 12.4 Å². The number of halogens is 2. The number of rotatable bonds is 3. The molecule has 1 aromatic rings. The summed E-state index contributed by atoms with van der Waals surface area (Å²) < 4.78 is 6.26. The maximum atomic E-state index is 5.82. The van der Waals surface area contributed by atoms with Crippen LogP contribution in [0.5, 0.6) is 5.75 Å². The van der Waals surface area contributed by atoms with Crippen molar-refractivity contribution in [1.29, 1.82) is 0 Å². The van der Waals surface area contributed by atoms with Crippen LogP contribution in [-0.4, -0.2) is 6.61 Å². The van der Waals surface area contributed by atoms with Gasteiger partial charge in [0.25, 0.3) is 0 Å². The minimum Gasteiger partial charge on any atom is -0.488 e. The highest BCUT2D eigenvalue weighted by Crippen LogP contribution is 2.23. The van der Waals surface area contributed by atoms with Crippen molar-refractivity contribution >= 4 is 27.5 Å². The number of benzene rings is 1. The normalized spacial score (nSPS) is 9.77. The molecule has 1 nitrogen and oxygen atoms in total. The molecule has 0 bridgehead atoms. The van der Waals surface area contributed by atoms with E-state index < -0.39 is 0 Å². The van der Waals surface area contributed by atoms with Gasteiger partial charge < -0.3 is 4.74 Å². The summed E-state index contributed by atoms with van der Waals surface area (Å²) in [6.07, 6.45) is 0. The Bertz CT molecular complexity index is 323. The van der Waals surface area contributed by atoms with Gasteiger partial charge in [0.15, 0.2) is 0 Å². The largest absolute Gasteiger partial charge is 0.488 e. The highest BCUT2D eigenvalue weighted by Gasteiger charge is 2.00. The van der Waals surface area contributed by atoms with Gasteiger partial charge in [-0.3, -0.25) is 0 Å². The van der Waals surface area contributed by atoms with E-state index in [1.165, 1.54) is 0 Å². The molecule has 0 heterocycles. The highest BCUT2D eigenvalue weighted by atomic mass is 79.9. The molecular formula is C10H10BrClO. The maximum Gasteiger partial charge on any atom is 0.124 e. The standard InChI is InChI=1S/C10H10BrClO/c1-7-3-4-9(12)5-10(7)13-6-8(2)11/h3-5H,2,6H2,1H3. The molecule has 3 heteroatoms. The fraction of sp³-hybridized carbons (Fsp3) is 0.200. The third kappa shape index (κ3) is 3.41. The molecule has 0 aromatic heterocycles. The minimum atomic E-state index is 0.460. The van der Waals surface area contributed by atoms with Crippen LogP contribution in [0.15, 0.2) is 29.3 Å². The summed E-state index contributed by atoms with van der Waals surface area (Å²) >= 11 is 9.04. The van der Waals surface area contributed by atoms with Gasteiger partial charge in [-0.25, -0.2) is 0 Å². The van der Waals surface area contributed by atoms with Crippen LogP contribution in [0.4, 0.5) is 0 Å². The Morgan fingerprint density at radius 3 is 2.92 bits per heavy atom. The van der Waals surface area contributed by atoms with Crippen molar-refractivity contribution in [3.05, 3.63) is 39.8 Å². The molecule has 13 heavy (non-hydrogen) atoms. The third-order valence-corrected chi connectivity index (χ3v) is 2.00. The predicted octanol–water partition coefficient (Wildman–Crippen LogP) is 3.94. The summed E-state index contributed by atoms with van der Waals surface area (Å²) in [7, 11) is 0. The quantitative estimate of drug-likeness (QED) is 0.801. The molecule has 0 aliphatic rings. The summed E-state index contributed by atoms with van der Waals surface area (Å²) in [6, 6.07) is 5.56. The van der Waals surface area contributed by atoms with Gasteiger partial charge in [-0.15, -0.1) is 0 Å². The molecular weight excluding hydrogens is 251 g/mol. The molecule has 0 aliphatic carbocycles. The van der Waals surface area contributed by atoms with Gasteiger partial charge >= 0.3 is 0 Å². The van der Waals surface area contributed by atoms with Crippen molar-refractivity contribution in [1.82, 2.24) is 0 Å². The van der Waals surface area contributed by atoms with Gasteiger partial charge in [-0.2, -0.15) is 0 Å². The molecule has 0 aliphatic heterocycles. The second-order valence-corrected chi connectivity index (χ2v) is 4.27. The minimum absolute atomic E-state index is 0.460. The number of hydrogen-bond acceptors (Lipinski definition) is 1. The zero-order valence-electron chi connectivity index (χ0n) is 7.31. The monoisotopic (exact) mass is 260 g/mol. The Morgan fingerprint density at radius 2 is 2.31 bits per heavy atom. The molecule has 0 atom stereocenters. The zero-order chi connectivity index (χ0) is 9.84. The Hall–Kier alpha value is -0.470. The summed E-state index contributed by atoms with van der Waals surface area (Å²) in [5, 5.41) is 0.681. The Morgan fingerprint density at radius 1 is 1.62 bits per heavy atom. The van der Waals surface area contributed by atoms with E-state index in [9.17, 15) is 0 Å². The van der Waals surface area contributed by atoms with Crippen LogP contribution < -0.4 is 4.74 Å². The van der Waals surface area contributed by atoms with Crippen LogP contribution in [0.1, 0.15) is 5.56 Å². The lowest BCUT2D eigenvalue weighted by atomic mass is 10.2. The van der Waals surface area contributed by atoms with Crippen LogP contribution in [0, 0.1) is 6.92 Å². The molecule has 0 saturated carbocycles. The van der Waals surface area contributed by atoms with Crippen molar-refractivity contribution in [2.45, 2.75) is 6.92 Å². The van der Waals surface area contributed by atoms with E-state index in [2.05, 4.69) is 22.5 Å². The van der Waals surface area contributed by atoms with E-state index in [0.29, 0.717) is 11.6 Å². The number of aryl methyl sites for hydroxylation is 1. The van der Waals surface area contributed by atoms with Crippen molar-refractivity contribution < 1.29 is 4.74 Å². The van der Waals surface area contributed by atoms with Crippen molar-refractivity contribution in [3.8, 4) is 5.75 Å². The van der Waals surface area contributed by atoms with Crippen LogP contribution >= 0.6 is 27.5 Å². The molecule has 0 fully saturated rings. The zero-order valence-corrected chi connectivity index (χ0v) is 9.65. The molecule has 0 spiro atoms. The SMILES string of the molecule is C=C(Br)COc1cc(Cl)ccc1C. The van der Waals surface area contributed by atoms with Crippen LogP contribution in [-0.2, 0) is 0 Å². The molecule has 70 valence electrons. The summed E-state index contributed by atoms with van der Waals surface area (Å²) in [5.41, 5.74) is 1.07. The Kier molecular flexibility index (Phi) is 3.82. The first-order valence-corrected chi connectivity index (χ1v) is 4.99. The molecule has 1 aromatic carbocycles. The predicted molar refractivity (Wildman–Crippen MR) is 59.8 cm³/mol. The van der Waals surface area contributed by atoms with Gasteiger partial charge in [0, 0.05) is 9.51 Å². The summed E-state index contributed by atoms with van der Waals surface area (Å²) in [5.74, 6) is 0.799. The van der Waals surface area contributed by atoms with E-state index in [-0.39, 0.29) is 0 Å².